The Morgan fingerprint density at radius 1 is 1.19 bits per heavy atom. The summed E-state index contributed by atoms with van der Waals surface area (Å²) < 4.78 is 2.25. The van der Waals surface area contributed by atoms with Crippen molar-refractivity contribution in [1.82, 2.24) is 24.3 Å². The molecule has 21 heavy (non-hydrogen) atoms. The Labute approximate surface area is 128 Å². The molecule has 3 heterocycles. The predicted octanol–water partition coefficient (Wildman–Crippen LogP) is 1.11. The average molecular weight is 291 g/mol. The Morgan fingerprint density at radius 3 is 2.71 bits per heavy atom. The number of imidazole rings is 1. The quantitative estimate of drug-likeness (QED) is 0.831. The van der Waals surface area contributed by atoms with Crippen LogP contribution in [0.4, 0.5) is 0 Å². The van der Waals surface area contributed by atoms with Gasteiger partial charge in [0.1, 0.15) is 0 Å². The van der Waals surface area contributed by atoms with Crippen LogP contribution in [0.5, 0.6) is 0 Å². The van der Waals surface area contributed by atoms with Gasteiger partial charge in [-0.2, -0.15) is 0 Å². The zero-order chi connectivity index (χ0) is 14.7. The van der Waals surface area contributed by atoms with Crippen LogP contribution >= 0.6 is 0 Å². The van der Waals surface area contributed by atoms with Crippen molar-refractivity contribution in [3.8, 4) is 0 Å². The lowest BCUT2D eigenvalue weighted by molar-refractivity contribution is 0.0560. The number of piperazine rings is 1. The fraction of sp³-hybridized carbons (Fsp3) is 0.812. The maximum atomic E-state index is 4.28. The first-order valence-corrected chi connectivity index (χ1v) is 8.40. The number of likely N-dealkylation sites (N-methyl/N-ethyl adjacent to an activating group) is 1. The minimum atomic E-state index is 0.784. The summed E-state index contributed by atoms with van der Waals surface area (Å²) in [7, 11) is 2.26. The number of hydrogen-bond donors (Lipinski definition) is 0. The summed E-state index contributed by atoms with van der Waals surface area (Å²) in [5.41, 5.74) is 1.35. The van der Waals surface area contributed by atoms with Crippen molar-refractivity contribution in [1.29, 1.82) is 0 Å². The van der Waals surface area contributed by atoms with Crippen LogP contribution in [-0.2, 0) is 13.1 Å². The molecule has 5 nitrogen and oxygen atoms in total. The molecule has 2 aliphatic rings. The molecule has 0 spiro atoms. The molecule has 0 aliphatic carbocycles. The lowest BCUT2D eigenvalue weighted by atomic mass is 10.0. The SMILES string of the molecule is CCn1cncc1CN1CCN(C2CCCN(C)C2)CC1. The second-order valence-electron chi connectivity index (χ2n) is 6.54. The number of aromatic nitrogens is 2. The summed E-state index contributed by atoms with van der Waals surface area (Å²) in [6.07, 6.45) is 6.71. The van der Waals surface area contributed by atoms with Crippen molar-refractivity contribution in [2.75, 3.05) is 46.3 Å². The second kappa shape index (κ2) is 6.90. The third-order valence-electron chi connectivity index (χ3n) is 5.05. The van der Waals surface area contributed by atoms with E-state index in [1.54, 1.807) is 0 Å². The molecule has 2 aliphatic heterocycles. The summed E-state index contributed by atoms with van der Waals surface area (Å²) in [5, 5.41) is 0. The highest BCUT2D eigenvalue weighted by atomic mass is 15.3. The summed E-state index contributed by atoms with van der Waals surface area (Å²) in [5.74, 6) is 0. The van der Waals surface area contributed by atoms with E-state index in [0.29, 0.717) is 0 Å². The van der Waals surface area contributed by atoms with Gasteiger partial charge < -0.3 is 9.47 Å². The number of hydrogen-bond acceptors (Lipinski definition) is 4. The Bertz CT molecular complexity index is 436. The van der Waals surface area contributed by atoms with Crippen LogP contribution in [0.1, 0.15) is 25.5 Å². The molecule has 5 heteroatoms. The first-order chi connectivity index (χ1) is 10.3. The molecular weight excluding hydrogens is 262 g/mol. The molecule has 0 N–H and O–H groups in total. The maximum Gasteiger partial charge on any atom is 0.0948 e. The van der Waals surface area contributed by atoms with Crippen LogP contribution in [0.3, 0.4) is 0 Å². The molecule has 0 saturated carbocycles. The van der Waals surface area contributed by atoms with Crippen molar-refractivity contribution in [3.63, 3.8) is 0 Å². The number of likely N-dealkylation sites (tertiary alicyclic amines) is 1. The fourth-order valence-corrected chi connectivity index (χ4v) is 3.72. The Morgan fingerprint density at radius 2 is 2.00 bits per heavy atom. The van der Waals surface area contributed by atoms with E-state index in [1.807, 2.05) is 12.5 Å². The minimum absolute atomic E-state index is 0.784. The van der Waals surface area contributed by atoms with Crippen molar-refractivity contribution in [2.45, 2.75) is 38.9 Å². The van der Waals surface area contributed by atoms with Crippen molar-refractivity contribution < 1.29 is 0 Å². The van der Waals surface area contributed by atoms with Gasteiger partial charge in [0.05, 0.1) is 12.0 Å². The number of nitrogens with zero attached hydrogens (tertiary/aromatic N) is 5. The smallest absolute Gasteiger partial charge is 0.0948 e. The first kappa shape index (κ1) is 15.0. The summed E-state index contributed by atoms with van der Waals surface area (Å²) >= 11 is 0. The summed E-state index contributed by atoms with van der Waals surface area (Å²) in [4.78, 5) is 12.0. The van der Waals surface area contributed by atoms with Crippen LogP contribution in [0.15, 0.2) is 12.5 Å². The van der Waals surface area contributed by atoms with Gasteiger partial charge in [-0.1, -0.05) is 0 Å². The number of rotatable bonds is 4. The molecule has 0 aromatic carbocycles. The van der Waals surface area contributed by atoms with Gasteiger partial charge >= 0.3 is 0 Å². The highest BCUT2D eigenvalue weighted by molar-refractivity contribution is 4.98. The molecule has 0 bridgehead atoms. The van der Waals surface area contributed by atoms with Gasteiger partial charge in [-0.3, -0.25) is 9.80 Å². The van der Waals surface area contributed by atoms with Gasteiger partial charge in [0.15, 0.2) is 0 Å². The highest BCUT2D eigenvalue weighted by Gasteiger charge is 2.26. The highest BCUT2D eigenvalue weighted by Crippen LogP contribution is 2.17. The largest absolute Gasteiger partial charge is 0.334 e. The molecule has 0 radical (unpaired) electrons. The van der Waals surface area contributed by atoms with Crippen LogP contribution in [-0.4, -0.2) is 76.6 Å². The summed E-state index contributed by atoms with van der Waals surface area (Å²) in [6, 6.07) is 0.784. The van der Waals surface area contributed by atoms with E-state index in [0.717, 1.165) is 19.1 Å². The maximum absolute atomic E-state index is 4.28. The third-order valence-corrected chi connectivity index (χ3v) is 5.05. The second-order valence-corrected chi connectivity index (χ2v) is 6.54. The Kier molecular flexibility index (Phi) is 4.93. The molecule has 1 aromatic heterocycles. The monoisotopic (exact) mass is 291 g/mol. The van der Waals surface area contributed by atoms with Crippen LogP contribution in [0.25, 0.3) is 0 Å². The Hall–Kier alpha value is -0.910. The molecule has 1 aromatic rings. The Balaban J connectivity index is 1.48. The topological polar surface area (TPSA) is 27.5 Å². The first-order valence-electron chi connectivity index (χ1n) is 8.40. The van der Waals surface area contributed by atoms with Gasteiger partial charge in [-0.25, -0.2) is 4.98 Å². The van der Waals surface area contributed by atoms with E-state index in [4.69, 9.17) is 0 Å². The zero-order valence-electron chi connectivity index (χ0n) is 13.5. The molecular formula is C16H29N5. The predicted molar refractivity (Wildman–Crippen MR) is 85.3 cm³/mol. The van der Waals surface area contributed by atoms with Gasteiger partial charge in [0.2, 0.25) is 0 Å². The van der Waals surface area contributed by atoms with Gasteiger partial charge in [0.25, 0.3) is 0 Å². The van der Waals surface area contributed by atoms with E-state index in [2.05, 4.69) is 38.2 Å². The van der Waals surface area contributed by atoms with Crippen LogP contribution in [0.2, 0.25) is 0 Å². The van der Waals surface area contributed by atoms with E-state index >= 15 is 0 Å². The van der Waals surface area contributed by atoms with E-state index in [9.17, 15) is 0 Å². The molecule has 0 amide bonds. The molecule has 1 atom stereocenters. The molecule has 1 unspecified atom stereocenters. The number of aryl methyl sites for hydroxylation is 1. The van der Waals surface area contributed by atoms with Crippen molar-refractivity contribution in [3.05, 3.63) is 18.2 Å². The lowest BCUT2D eigenvalue weighted by Gasteiger charge is -2.42. The molecule has 2 fully saturated rings. The van der Waals surface area contributed by atoms with Crippen LogP contribution < -0.4 is 0 Å². The molecule has 2 saturated heterocycles. The van der Waals surface area contributed by atoms with Gasteiger partial charge in [-0.05, 0) is 33.4 Å². The van der Waals surface area contributed by atoms with Crippen molar-refractivity contribution >= 4 is 0 Å². The minimum Gasteiger partial charge on any atom is -0.334 e. The fourth-order valence-electron chi connectivity index (χ4n) is 3.72. The van der Waals surface area contributed by atoms with Gasteiger partial charge in [0, 0.05) is 58.1 Å². The lowest BCUT2D eigenvalue weighted by Crippen LogP contribution is -2.54. The summed E-state index contributed by atoms with van der Waals surface area (Å²) in [6.45, 7) is 11.6. The average Bonchev–Trinajstić information content (AvgIpc) is 2.95. The van der Waals surface area contributed by atoms with Crippen LogP contribution in [0, 0.1) is 0 Å². The third kappa shape index (κ3) is 3.65. The van der Waals surface area contributed by atoms with E-state index in [1.165, 1.54) is 57.8 Å². The zero-order valence-corrected chi connectivity index (χ0v) is 13.5. The van der Waals surface area contributed by atoms with E-state index < -0.39 is 0 Å². The van der Waals surface area contributed by atoms with E-state index in [-0.39, 0.29) is 0 Å². The normalized spacial score (nSPS) is 26.3. The molecule has 3 rings (SSSR count). The van der Waals surface area contributed by atoms with Crippen molar-refractivity contribution in [2.24, 2.45) is 0 Å². The van der Waals surface area contributed by atoms with Gasteiger partial charge in [-0.15, -0.1) is 0 Å². The number of piperidine rings is 1. The molecule has 118 valence electrons. The standard InChI is InChI=1S/C16H29N5/c1-3-20-14-17-11-16(20)13-19-7-9-21(10-8-19)15-5-4-6-18(2)12-15/h11,14-15H,3-10,12-13H2,1-2H3.